The van der Waals surface area contributed by atoms with Gasteiger partial charge in [0.05, 0.1) is 5.75 Å². The Morgan fingerprint density at radius 2 is 1.76 bits per heavy atom. The van der Waals surface area contributed by atoms with E-state index in [-0.39, 0.29) is 17.5 Å². The fourth-order valence-electron chi connectivity index (χ4n) is 2.77. The minimum Gasteiger partial charge on any atom is -0.310 e. The van der Waals surface area contributed by atoms with Gasteiger partial charge in [-0.3, -0.25) is 0 Å². The summed E-state index contributed by atoms with van der Waals surface area (Å²) >= 11 is 0. The van der Waals surface area contributed by atoms with Gasteiger partial charge in [0.25, 0.3) is 0 Å². The van der Waals surface area contributed by atoms with Gasteiger partial charge in [0.2, 0.25) is 0 Å². The normalized spacial score (nSPS) is 22.3. The Morgan fingerprint density at radius 1 is 1.18 bits per heavy atom. The van der Waals surface area contributed by atoms with Crippen LogP contribution in [0.25, 0.3) is 0 Å². The number of hydrogen-bond donors (Lipinski definition) is 1. The minimum atomic E-state index is -2.86. The quantitative estimate of drug-likeness (QED) is 0.798. The van der Waals surface area contributed by atoms with Crippen molar-refractivity contribution in [3.05, 3.63) is 0 Å². The molecular formula is C13H27NO2S. The topological polar surface area (TPSA) is 46.2 Å². The molecule has 1 saturated carbocycles. The Balaban J connectivity index is 2.36. The molecule has 1 N–H and O–H groups in total. The van der Waals surface area contributed by atoms with Crippen LogP contribution in [0.5, 0.6) is 0 Å². The molecule has 17 heavy (non-hydrogen) atoms. The first-order chi connectivity index (χ1) is 7.94. The van der Waals surface area contributed by atoms with Gasteiger partial charge in [-0.05, 0) is 32.6 Å². The maximum Gasteiger partial charge on any atom is 0.151 e. The highest BCUT2D eigenvalue weighted by molar-refractivity contribution is 7.91. The van der Waals surface area contributed by atoms with Gasteiger partial charge in [-0.25, -0.2) is 8.42 Å². The molecule has 1 rings (SSSR count). The van der Waals surface area contributed by atoms with Crippen LogP contribution in [0, 0.1) is 5.92 Å². The Labute approximate surface area is 106 Å². The average molecular weight is 261 g/mol. The molecule has 2 unspecified atom stereocenters. The van der Waals surface area contributed by atoms with E-state index in [1.54, 1.807) is 6.92 Å². The lowest BCUT2D eigenvalue weighted by Crippen LogP contribution is -2.43. The van der Waals surface area contributed by atoms with Crippen LogP contribution in [0.1, 0.15) is 52.9 Å². The second-order valence-electron chi connectivity index (χ2n) is 5.45. The number of sulfone groups is 1. The molecule has 0 amide bonds. The molecule has 4 heteroatoms. The molecule has 102 valence electrons. The van der Waals surface area contributed by atoms with Crippen LogP contribution in [0.15, 0.2) is 0 Å². The van der Waals surface area contributed by atoms with Crippen molar-refractivity contribution in [2.45, 2.75) is 65.0 Å². The third-order valence-electron chi connectivity index (χ3n) is 3.85. The van der Waals surface area contributed by atoms with Gasteiger partial charge in [0.1, 0.15) is 0 Å². The van der Waals surface area contributed by atoms with Crippen LogP contribution in [0.4, 0.5) is 0 Å². The van der Waals surface area contributed by atoms with Gasteiger partial charge >= 0.3 is 0 Å². The van der Waals surface area contributed by atoms with E-state index in [9.17, 15) is 8.42 Å². The number of hydrogen-bond acceptors (Lipinski definition) is 3. The predicted molar refractivity (Wildman–Crippen MR) is 73.0 cm³/mol. The summed E-state index contributed by atoms with van der Waals surface area (Å²) in [6.07, 6.45) is 6.61. The number of nitrogens with one attached hydrogen (secondary N) is 1. The maximum absolute atomic E-state index is 11.5. The molecule has 0 aromatic heterocycles. The molecule has 0 radical (unpaired) electrons. The van der Waals surface area contributed by atoms with Crippen molar-refractivity contribution in [2.75, 3.05) is 11.5 Å². The molecule has 2 atom stereocenters. The Bertz CT molecular complexity index is 307. The standard InChI is InChI=1S/C13H27NO2S/c1-4-17(15,16)10-11(2)14-12(3)13-8-6-5-7-9-13/h11-14H,4-10H2,1-3H3. The second kappa shape index (κ2) is 6.74. The van der Waals surface area contributed by atoms with Gasteiger partial charge in [-0.15, -0.1) is 0 Å². The zero-order valence-electron chi connectivity index (χ0n) is 11.4. The van der Waals surface area contributed by atoms with E-state index in [0.29, 0.717) is 6.04 Å². The molecule has 0 aromatic carbocycles. The van der Waals surface area contributed by atoms with Gasteiger partial charge in [-0.1, -0.05) is 26.2 Å². The Kier molecular flexibility index (Phi) is 5.93. The first kappa shape index (κ1) is 15.0. The molecule has 0 spiro atoms. The summed E-state index contributed by atoms with van der Waals surface area (Å²) < 4.78 is 23.1. The highest BCUT2D eigenvalue weighted by atomic mass is 32.2. The third-order valence-corrected chi connectivity index (χ3v) is 5.74. The molecule has 0 saturated heterocycles. The van der Waals surface area contributed by atoms with Crippen molar-refractivity contribution >= 4 is 9.84 Å². The van der Waals surface area contributed by atoms with Gasteiger partial charge in [0, 0.05) is 17.8 Å². The molecule has 1 aliphatic rings. The SMILES string of the molecule is CCS(=O)(=O)CC(C)NC(C)C1CCCCC1. The van der Waals surface area contributed by atoms with E-state index < -0.39 is 9.84 Å². The number of rotatable bonds is 6. The van der Waals surface area contributed by atoms with E-state index in [4.69, 9.17) is 0 Å². The lowest BCUT2D eigenvalue weighted by molar-refractivity contribution is 0.271. The zero-order valence-corrected chi connectivity index (χ0v) is 12.2. The summed E-state index contributed by atoms with van der Waals surface area (Å²) in [5.74, 6) is 1.24. The Hall–Kier alpha value is -0.0900. The van der Waals surface area contributed by atoms with E-state index in [0.717, 1.165) is 5.92 Å². The highest BCUT2D eigenvalue weighted by Crippen LogP contribution is 2.26. The summed E-state index contributed by atoms with van der Waals surface area (Å²) in [6.45, 7) is 5.89. The van der Waals surface area contributed by atoms with Crippen LogP contribution in [-0.4, -0.2) is 32.0 Å². The second-order valence-corrected chi connectivity index (χ2v) is 7.85. The lowest BCUT2D eigenvalue weighted by Gasteiger charge is -2.30. The van der Waals surface area contributed by atoms with Gasteiger partial charge in [0.15, 0.2) is 9.84 Å². The molecular weight excluding hydrogens is 234 g/mol. The molecule has 0 bridgehead atoms. The summed E-state index contributed by atoms with van der Waals surface area (Å²) in [6, 6.07) is 0.509. The summed E-state index contributed by atoms with van der Waals surface area (Å²) in [4.78, 5) is 0. The van der Waals surface area contributed by atoms with Crippen LogP contribution in [0.2, 0.25) is 0 Å². The van der Waals surface area contributed by atoms with Crippen molar-refractivity contribution in [1.82, 2.24) is 5.32 Å². The monoisotopic (exact) mass is 261 g/mol. The van der Waals surface area contributed by atoms with Crippen LogP contribution in [0.3, 0.4) is 0 Å². The lowest BCUT2D eigenvalue weighted by atomic mass is 9.84. The highest BCUT2D eigenvalue weighted by Gasteiger charge is 2.22. The average Bonchev–Trinajstić information content (AvgIpc) is 2.29. The largest absolute Gasteiger partial charge is 0.310 e. The molecule has 0 heterocycles. The van der Waals surface area contributed by atoms with Gasteiger partial charge in [-0.2, -0.15) is 0 Å². The van der Waals surface area contributed by atoms with E-state index >= 15 is 0 Å². The summed E-state index contributed by atoms with van der Waals surface area (Å²) in [5, 5.41) is 3.46. The van der Waals surface area contributed by atoms with Crippen molar-refractivity contribution in [3.8, 4) is 0 Å². The first-order valence-corrected chi connectivity index (χ1v) is 8.73. The fraction of sp³-hybridized carbons (Fsp3) is 1.00. The van der Waals surface area contributed by atoms with Crippen LogP contribution in [-0.2, 0) is 9.84 Å². The minimum absolute atomic E-state index is 0.0666. The van der Waals surface area contributed by atoms with Gasteiger partial charge < -0.3 is 5.32 Å². The molecule has 3 nitrogen and oxygen atoms in total. The van der Waals surface area contributed by atoms with Crippen LogP contribution < -0.4 is 5.32 Å². The predicted octanol–water partition coefficient (Wildman–Crippen LogP) is 2.37. The Morgan fingerprint density at radius 3 is 2.29 bits per heavy atom. The molecule has 1 aliphatic carbocycles. The van der Waals surface area contributed by atoms with E-state index in [1.807, 2.05) is 6.92 Å². The van der Waals surface area contributed by atoms with Crippen molar-refractivity contribution < 1.29 is 8.42 Å². The zero-order chi connectivity index (χ0) is 12.9. The maximum atomic E-state index is 11.5. The van der Waals surface area contributed by atoms with E-state index in [2.05, 4.69) is 12.2 Å². The van der Waals surface area contributed by atoms with E-state index in [1.165, 1.54) is 32.1 Å². The molecule has 0 aromatic rings. The smallest absolute Gasteiger partial charge is 0.151 e. The summed E-state index contributed by atoms with van der Waals surface area (Å²) in [5.41, 5.74) is 0. The molecule has 1 fully saturated rings. The third kappa shape index (κ3) is 5.38. The van der Waals surface area contributed by atoms with Crippen molar-refractivity contribution in [3.63, 3.8) is 0 Å². The van der Waals surface area contributed by atoms with Crippen molar-refractivity contribution in [1.29, 1.82) is 0 Å². The van der Waals surface area contributed by atoms with Crippen molar-refractivity contribution in [2.24, 2.45) is 5.92 Å². The summed E-state index contributed by atoms with van der Waals surface area (Å²) in [7, 11) is -2.86. The first-order valence-electron chi connectivity index (χ1n) is 6.91. The molecule has 0 aliphatic heterocycles. The van der Waals surface area contributed by atoms with Crippen LogP contribution >= 0.6 is 0 Å². The fourth-order valence-corrected chi connectivity index (χ4v) is 3.86.